The number of ether oxygens (including phenoxy) is 1. The molecule has 1 N–H and O–H groups in total. The van der Waals surface area contributed by atoms with Crippen molar-refractivity contribution >= 4 is 0 Å². The van der Waals surface area contributed by atoms with Crippen molar-refractivity contribution in [2.24, 2.45) is 5.41 Å². The van der Waals surface area contributed by atoms with Gasteiger partial charge in [-0.05, 0) is 35.8 Å². The first-order valence-electron chi connectivity index (χ1n) is 7.08. The minimum absolute atomic E-state index is 0.307. The number of hydrogen-bond donors (Lipinski definition) is 1. The summed E-state index contributed by atoms with van der Waals surface area (Å²) in [6.45, 7) is 6.54. The van der Waals surface area contributed by atoms with Gasteiger partial charge in [-0.15, -0.1) is 0 Å². The molecule has 0 aromatic heterocycles. The molecule has 0 saturated carbocycles. The molecule has 1 heterocycles. The van der Waals surface area contributed by atoms with Gasteiger partial charge in [0, 0.05) is 18.7 Å². The largest absolute Gasteiger partial charge is 0.380 e. The average Bonchev–Trinajstić information content (AvgIpc) is 2.62. The van der Waals surface area contributed by atoms with Gasteiger partial charge in [0.05, 0.1) is 6.61 Å². The highest BCUT2D eigenvalue weighted by Gasteiger charge is 2.39. The predicted molar refractivity (Wildman–Crippen MR) is 73.6 cm³/mol. The van der Waals surface area contributed by atoms with Crippen LogP contribution in [0.15, 0.2) is 24.3 Å². The van der Waals surface area contributed by atoms with Crippen LogP contribution in [0.5, 0.6) is 0 Å². The van der Waals surface area contributed by atoms with Crippen LogP contribution in [0.1, 0.15) is 43.9 Å². The van der Waals surface area contributed by atoms with Crippen LogP contribution in [-0.4, -0.2) is 19.3 Å². The van der Waals surface area contributed by atoms with Crippen molar-refractivity contribution in [3.8, 4) is 0 Å². The first kappa shape index (κ1) is 12.2. The summed E-state index contributed by atoms with van der Waals surface area (Å²) < 4.78 is 5.59. The first-order chi connectivity index (χ1) is 8.67. The fourth-order valence-corrected chi connectivity index (χ4v) is 3.41. The SMILES string of the molecule is CC1(C)Cc2ccccc2C1NC1CCCOC1. The molecule has 18 heavy (non-hydrogen) atoms. The van der Waals surface area contributed by atoms with Crippen LogP contribution in [0.3, 0.4) is 0 Å². The Bertz CT molecular complexity index is 421. The van der Waals surface area contributed by atoms with Crippen LogP contribution in [-0.2, 0) is 11.2 Å². The lowest BCUT2D eigenvalue weighted by molar-refractivity contribution is 0.0593. The quantitative estimate of drug-likeness (QED) is 0.864. The minimum Gasteiger partial charge on any atom is -0.380 e. The summed E-state index contributed by atoms with van der Waals surface area (Å²) in [5, 5.41) is 3.84. The molecule has 3 rings (SSSR count). The predicted octanol–water partition coefficient (Wildman–Crippen LogP) is 3.08. The molecule has 1 fully saturated rings. The third-order valence-electron chi connectivity index (χ3n) is 4.36. The zero-order chi connectivity index (χ0) is 12.6. The highest BCUT2D eigenvalue weighted by Crippen LogP contribution is 2.45. The van der Waals surface area contributed by atoms with Gasteiger partial charge in [-0.3, -0.25) is 0 Å². The van der Waals surface area contributed by atoms with Gasteiger partial charge in [-0.25, -0.2) is 0 Å². The molecule has 98 valence electrons. The van der Waals surface area contributed by atoms with Crippen LogP contribution in [0, 0.1) is 5.41 Å². The summed E-state index contributed by atoms with van der Waals surface area (Å²) in [4.78, 5) is 0. The Kier molecular flexibility index (Phi) is 3.16. The van der Waals surface area contributed by atoms with Crippen LogP contribution in [0.2, 0.25) is 0 Å². The minimum atomic E-state index is 0.307. The van der Waals surface area contributed by atoms with Gasteiger partial charge in [0.1, 0.15) is 0 Å². The molecule has 0 bridgehead atoms. The van der Waals surface area contributed by atoms with Crippen molar-refractivity contribution in [3.05, 3.63) is 35.4 Å². The first-order valence-corrected chi connectivity index (χ1v) is 7.08. The third kappa shape index (κ3) is 2.19. The van der Waals surface area contributed by atoms with Crippen molar-refractivity contribution in [2.75, 3.05) is 13.2 Å². The highest BCUT2D eigenvalue weighted by molar-refractivity contribution is 5.37. The topological polar surface area (TPSA) is 21.3 Å². The van der Waals surface area contributed by atoms with E-state index in [1.54, 1.807) is 0 Å². The Morgan fingerprint density at radius 3 is 2.89 bits per heavy atom. The molecule has 1 aromatic carbocycles. The number of rotatable bonds is 2. The molecule has 1 aromatic rings. The van der Waals surface area contributed by atoms with E-state index in [4.69, 9.17) is 4.74 Å². The summed E-state index contributed by atoms with van der Waals surface area (Å²) in [5.41, 5.74) is 3.31. The summed E-state index contributed by atoms with van der Waals surface area (Å²) in [7, 11) is 0. The van der Waals surface area contributed by atoms with Gasteiger partial charge in [0.2, 0.25) is 0 Å². The molecule has 0 amide bonds. The second-order valence-electron chi connectivity index (χ2n) is 6.38. The lowest BCUT2D eigenvalue weighted by atomic mass is 9.84. The Balaban J connectivity index is 1.81. The third-order valence-corrected chi connectivity index (χ3v) is 4.36. The van der Waals surface area contributed by atoms with E-state index in [9.17, 15) is 0 Å². The summed E-state index contributed by atoms with van der Waals surface area (Å²) >= 11 is 0. The summed E-state index contributed by atoms with van der Waals surface area (Å²) in [6, 6.07) is 9.86. The van der Waals surface area contributed by atoms with Gasteiger partial charge in [-0.2, -0.15) is 0 Å². The molecule has 2 atom stereocenters. The van der Waals surface area contributed by atoms with E-state index in [0.717, 1.165) is 13.2 Å². The molecule has 0 spiro atoms. The molecule has 1 aliphatic heterocycles. The van der Waals surface area contributed by atoms with Crippen molar-refractivity contribution in [3.63, 3.8) is 0 Å². The van der Waals surface area contributed by atoms with E-state index in [1.165, 1.54) is 30.4 Å². The molecule has 2 heteroatoms. The maximum Gasteiger partial charge on any atom is 0.0619 e. The van der Waals surface area contributed by atoms with Crippen molar-refractivity contribution in [1.29, 1.82) is 0 Å². The molecule has 2 unspecified atom stereocenters. The Morgan fingerprint density at radius 2 is 2.11 bits per heavy atom. The molecule has 1 aliphatic carbocycles. The Labute approximate surface area is 110 Å². The molecular weight excluding hydrogens is 222 g/mol. The van der Waals surface area contributed by atoms with Crippen molar-refractivity contribution in [2.45, 2.75) is 45.2 Å². The van der Waals surface area contributed by atoms with Crippen LogP contribution < -0.4 is 5.32 Å². The lowest BCUT2D eigenvalue weighted by Crippen LogP contribution is -2.42. The molecule has 1 saturated heterocycles. The van der Waals surface area contributed by atoms with E-state index in [-0.39, 0.29) is 0 Å². The van der Waals surface area contributed by atoms with Crippen LogP contribution in [0.4, 0.5) is 0 Å². The van der Waals surface area contributed by atoms with E-state index >= 15 is 0 Å². The summed E-state index contributed by atoms with van der Waals surface area (Å²) in [5.74, 6) is 0. The van der Waals surface area contributed by atoms with E-state index < -0.39 is 0 Å². The number of benzene rings is 1. The van der Waals surface area contributed by atoms with E-state index in [0.29, 0.717) is 17.5 Å². The fourth-order valence-electron chi connectivity index (χ4n) is 3.41. The standard InChI is InChI=1S/C16H23NO/c1-16(2)10-12-6-3-4-8-14(12)15(16)17-13-7-5-9-18-11-13/h3-4,6,8,13,15,17H,5,7,9-11H2,1-2H3. The maximum atomic E-state index is 5.59. The van der Waals surface area contributed by atoms with Crippen molar-refractivity contribution in [1.82, 2.24) is 5.32 Å². The molecular formula is C16H23NO. The molecule has 0 radical (unpaired) electrons. The lowest BCUT2D eigenvalue weighted by Gasteiger charge is -2.34. The fraction of sp³-hybridized carbons (Fsp3) is 0.625. The smallest absolute Gasteiger partial charge is 0.0619 e. The molecule has 2 nitrogen and oxygen atoms in total. The van der Waals surface area contributed by atoms with Gasteiger partial charge >= 0.3 is 0 Å². The van der Waals surface area contributed by atoms with Crippen LogP contribution >= 0.6 is 0 Å². The normalized spacial score (nSPS) is 30.1. The van der Waals surface area contributed by atoms with Gasteiger partial charge < -0.3 is 10.1 Å². The number of fused-ring (bicyclic) bond motifs is 1. The zero-order valence-electron chi connectivity index (χ0n) is 11.4. The maximum absolute atomic E-state index is 5.59. The van der Waals surface area contributed by atoms with Crippen molar-refractivity contribution < 1.29 is 4.74 Å². The molecule has 2 aliphatic rings. The monoisotopic (exact) mass is 245 g/mol. The second-order valence-corrected chi connectivity index (χ2v) is 6.38. The second kappa shape index (κ2) is 4.67. The summed E-state index contributed by atoms with van der Waals surface area (Å²) in [6.07, 6.45) is 3.61. The van der Waals surface area contributed by atoms with E-state index in [1.807, 2.05) is 0 Å². The van der Waals surface area contributed by atoms with Gasteiger partial charge in [0.15, 0.2) is 0 Å². The van der Waals surface area contributed by atoms with Gasteiger partial charge in [-0.1, -0.05) is 38.1 Å². The Hall–Kier alpha value is -0.860. The Morgan fingerprint density at radius 1 is 1.28 bits per heavy atom. The number of nitrogens with one attached hydrogen (secondary N) is 1. The van der Waals surface area contributed by atoms with E-state index in [2.05, 4.69) is 43.4 Å². The number of hydrogen-bond acceptors (Lipinski definition) is 2. The van der Waals surface area contributed by atoms with Crippen LogP contribution in [0.25, 0.3) is 0 Å². The zero-order valence-corrected chi connectivity index (χ0v) is 11.4. The van der Waals surface area contributed by atoms with Gasteiger partial charge in [0.25, 0.3) is 0 Å². The average molecular weight is 245 g/mol. The highest BCUT2D eigenvalue weighted by atomic mass is 16.5.